The number of nitrogens with one attached hydrogen (secondary N) is 2. The summed E-state index contributed by atoms with van der Waals surface area (Å²) in [6.07, 6.45) is 0.766. The molecule has 2 aromatic carbocycles. The van der Waals surface area contributed by atoms with Gasteiger partial charge in [0.05, 0.1) is 35.9 Å². The molecule has 2 aliphatic rings. The van der Waals surface area contributed by atoms with Crippen molar-refractivity contribution in [2.75, 3.05) is 26.2 Å². The number of para-hydroxylation sites is 1. The zero-order valence-electron chi connectivity index (χ0n) is 30.9. The number of carbonyl (C=O) groups excluding carboxylic acids is 1. The highest BCUT2D eigenvalue weighted by atomic mass is 35.5. The highest BCUT2D eigenvalue weighted by Crippen LogP contribution is 2.53. The molecule has 3 aromatic rings. The first-order valence-corrected chi connectivity index (χ1v) is 20.3. The molecule has 0 unspecified atom stereocenters. The quantitative estimate of drug-likeness (QED) is 0.0443. The number of aliphatic hydroxyl groups excluding tert-OH is 5. The average molecular weight is 808 g/mol. The number of halogens is 1. The first kappa shape index (κ1) is 42.6. The molecule has 5 rings (SSSR count). The fourth-order valence-electron chi connectivity index (χ4n) is 6.21. The molecule has 4 atom stereocenters. The van der Waals surface area contributed by atoms with Crippen molar-refractivity contribution in [3.8, 4) is 16.9 Å². The number of unbranched alkanes of at least 4 members (excludes halogenated alkanes) is 1. The molecule has 1 heterocycles. The Balaban J connectivity index is 1.18. The van der Waals surface area contributed by atoms with Crippen LogP contribution in [0.25, 0.3) is 11.1 Å². The van der Waals surface area contributed by atoms with Gasteiger partial charge in [0.1, 0.15) is 29.7 Å². The number of benzene rings is 2. The predicted molar refractivity (Wildman–Crippen MR) is 201 cm³/mol. The van der Waals surface area contributed by atoms with Gasteiger partial charge in [-0.25, -0.2) is 13.2 Å². The molecule has 2 fully saturated rings. The second-order valence-electron chi connectivity index (χ2n) is 14.4. The van der Waals surface area contributed by atoms with E-state index in [1.165, 1.54) is 16.4 Å². The summed E-state index contributed by atoms with van der Waals surface area (Å²) in [5, 5.41) is 63.6. The van der Waals surface area contributed by atoms with Crippen LogP contribution < -0.4 is 20.1 Å². The summed E-state index contributed by atoms with van der Waals surface area (Å²) in [6.45, 7) is 2.67. The maximum atomic E-state index is 13.9. The SMILES string of the molecule is CC(C)N(CCCCNC(=O)NC[C@H](O)[C@@H](O)[C@H](O)[C@H](O)CO)S(=O)(=O)c1ccc(Cl)c(COC2(c3c[n+](O)ccc3-c3ccccc3OC3CC3)CC2)c1. The topological polar surface area (TPSA) is 222 Å². The molecule has 302 valence electrons. The highest BCUT2D eigenvalue weighted by Gasteiger charge is 2.49. The van der Waals surface area contributed by atoms with Gasteiger partial charge >= 0.3 is 6.03 Å². The minimum atomic E-state index is -3.97. The summed E-state index contributed by atoms with van der Waals surface area (Å²) in [7, 11) is -3.97. The average Bonchev–Trinajstić information content (AvgIpc) is 4.11. The summed E-state index contributed by atoms with van der Waals surface area (Å²) in [5.74, 6) is 0.763. The second kappa shape index (κ2) is 18.6. The maximum Gasteiger partial charge on any atom is 0.314 e. The van der Waals surface area contributed by atoms with Gasteiger partial charge in [0.15, 0.2) is 0 Å². The number of pyridine rings is 1. The van der Waals surface area contributed by atoms with E-state index >= 15 is 0 Å². The van der Waals surface area contributed by atoms with Crippen LogP contribution in [0.15, 0.2) is 65.8 Å². The van der Waals surface area contributed by atoms with Gasteiger partial charge in [-0.2, -0.15) is 4.31 Å². The van der Waals surface area contributed by atoms with Crippen molar-refractivity contribution in [2.45, 2.75) is 106 Å². The lowest BCUT2D eigenvalue weighted by atomic mass is 9.96. The van der Waals surface area contributed by atoms with Gasteiger partial charge in [0, 0.05) is 52.6 Å². The summed E-state index contributed by atoms with van der Waals surface area (Å²) in [6, 6.07) is 13.1. The Hall–Kier alpha value is -3.58. The van der Waals surface area contributed by atoms with Crippen LogP contribution in [0, 0.1) is 0 Å². The number of aliphatic hydroxyl groups is 5. The number of urea groups is 1. The van der Waals surface area contributed by atoms with Gasteiger partial charge in [0.2, 0.25) is 22.4 Å². The second-order valence-corrected chi connectivity index (χ2v) is 16.7. The van der Waals surface area contributed by atoms with Crippen LogP contribution in [0.4, 0.5) is 4.79 Å². The fourth-order valence-corrected chi connectivity index (χ4v) is 8.11. The largest absolute Gasteiger partial charge is 0.490 e. The van der Waals surface area contributed by atoms with Crippen molar-refractivity contribution >= 4 is 27.7 Å². The van der Waals surface area contributed by atoms with Crippen LogP contribution in [0.1, 0.15) is 63.5 Å². The fraction of sp³-hybridized carbons (Fsp3) is 0.526. The molecule has 0 radical (unpaired) electrons. The number of aromatic nitrogens is 1. The molecule has 0 spiro atoms. The van der Waals surface area contributed by atoms with E-state index in [1.54, 1.807) is 32.3 Å². The monoisotopic (exact) mass is 807 g/mol. The Labute approximate surface area is 326 Å². The minimum absolute atomic E-state index is 0.0266. The molecule has 1 aromatic heterocycles. The van der Waals surface area contributed by atoms with Crippen LogP contribution in [0.5, 0.6) is 5.75 Å². The van der Waals surface area contributed by atoms with Crippen LogP contribution in [0.3, 0.4) is 0 Å². The van der Waals surface area contributed by atoms with E-state index in [2.05, 4.69) is 10.6 Å². The van der Waals surface area contributed by atoms with Gasteiger partial charge in [0.25, 0.3) is 0 Å². The Morgan fingerprint density at radius 3 is 2.38 bits per heavy atom. The molecule has 0 saturated heterocycles. The van der Waals surface area contributed by atoms with Crippen molar-refractivity contribution in [2.24, 2.45) is 0 Å². The molecule has 55 heavy (non-hydrogen) atoms. The Morgan fingerprint density at radius 2 is 1.71 bits per heavy atom. The van der Waals surface area contributed by atoms with Crippen LogP contribution in [-0.2, 0) is 27.0 Å². The van der Waals surface area contributed by atoms with Crippen LogP contribution in [-0.4, -0.2) is 112 Å². The third-order valence-corrected chi connectivity index (χ3v) is 12.2. The van der Waals surface area contributed by atoms with Gasteiger partial charge in [-0.3, -0.25) is 5.21 Å². The third kappa shape index (κ3) is 10.8. The lowest BCUT2D eigenvalue weighted by molar-refractivity contribution is -0.905. The Bertz CT molecular complexity index is 1880. The van der Waals surface area contributed by atoms with E-state index in [1.807, 2.05) is 30.3 Å². The highest BCUT2D eigenvalue weighted by molar-refractivity contribution is 7.89. The molecule has 17 heteroatoms. The molecule has 2 saturated carbocycles. The van der Waals surface area contributed by atoms with E-state index < -0.39 is 59.2 Å². The lowest BCUT2D eigenvalue weighted by Crippen LogP contribution is -2.50. The summed E-state index contributed by atoms with van der Waals surface area (Å²) in [4.78, 5) is 12.2. The number of nitrogens with zero attached hydrogens (tertiary/aromatic N) is 2. The lowest BCUT2D eigenvalue weighted by Gasteiger charge is -2.26. The van der Waals surface area contributed by atoms with Gasteiger partial charge < -0.3 is 45.6 Å². The van der Waals surface area contributed by atoms with Crippen LogP contribution in [0.2, 0.25) is 5.02 Å². The molecular weight excluding hydrogens is 756 g/mol. The Morgan fingerprint density at radius 1 is 1.00 bits per heavy atom. The van der Waals surface area contributed by atoms with E-state index in [4.69, 9.17) is 26.2 Å². The minimum Gasteiger partial charge on any atom is -0.490 e. The van der Waals surface area contributed by atoms with Gasteiger partial charge in [-0.05, 0) is 82.2 Å². The number of amides is 2. The van der Waals surface area contributed by atoms with E-state index in [-0.39, 0.29) is 36.7 Å². The van der Waals surface area contributed by atoms with Crippen molar-refractivity contribution in [1.82, 2.24) is 14.9 Å². The number of hydrogen-bond donors (Lipinski definition) is 8. The Kier molecular flexibility index (Phi) is 14.4. The van der Waals surface area contributed by atoms with E-state index in [0.29, 0.717) is 36.3 Å². The number of rotatable bonds is 21. The number of hydrogen-bond acceptors (Lipinski definition) is 11. The standard InChI is InChI=1S/C38H51ClN4O11S/c1-24(2)43(17-6-5-16-40-37(49)41-20-32(45)35(47)36(48)33(46)22-44)55(51,52)27-11-12-31(39)25(19-27)23-53-38(14-15-38)30-21-42(50)18-13-28(30)29-7-3-4-8-34(29)54-26-9-10-26/h3-4,7-8,11-13,18-19,21,24,26,32-33,35-36,44-48H,5-6,9-10,14-17,20,22-23H2,1-2H3,(H2-,40,41,49,50)/p+1/t32-,33+,35+,36+/m0/s1. The van der Waals surface area contributed by atoms with E-state index in [0.717, 1.165) is 40.0 Å². The molecule has 0 bridgehead atoms. The van der Waals surface area contributed by atoms with Gasteiger partial charge in [-0.15, -0.1) is 0 Å². The van der Waals surface area contributed by atoms with Crippen molar-refractivity contribution in [3.05, 3.63) is 77.1 Å². The molecule has 2 aliphatic carbocycles. The van der Waals surface area contributed by atoms with E-state index in [9.17, 15) is 38.8 Å². The smallest absolute Gasteiger partial charge is 0.314 e. The maximum absolute atomic E-state index is 13.9. The summed E-state index contributed by atoms with van der Waals surface area (Å²) < 4.78 is 43.0. The molecule has 15 nitrogen and oxygen atoms in total. The first-order valence-electron chi connectivity index (χ1n) is 18.5. The molecule has 0 aliphatic heterocycles. The van der Waals surface area contributed by atoms with Gasteiger partial charge in [-0.1, -0.05) is 29.8 Å². The zero-order valence-corrected chi connectivity index (χ0v) is 32.5. The predicted octanol–water partition coefficient (Wildman–Crippen LogP) is 2.19. The number of carbonyl (C=O) groups is 1. The van der Waals surface area contributed by atoms with Crippen molar-refractivity contribution in [3.63, 3.8) is 0 Å². The molecule has 8 N–H and O–H groups in total. The summed E-state index contributed by atoms with van der Waals surface area (Å²) in [5.41, 5.74) is 2.32. The van der Waals surface area contributed by atoms with Crippen LogP contribution >= 0.6 is 11.6 Å². The number of ether oxygens (including phenoxy) is 2. The van der Waals surface area contributed by atoms with Crippen molar-refractivity contribution < 1.29 is 58.2 Å². The normalized spacial score (nSPS) is 17.4. The van der Waals surface area contributed by atoms with Crippen molar-refractivity contribution in [1.29, 1.82) is 0 Å². The molecule has 2 amide bonds. The molecular formula is C38H52ClN4O11S+. The first-order chi connectivity index (χ1) is 26.2. The summed E-state index contributed by atoms with van der Waals surface area (Å²) >= 11 is 6.60. The zero-order chi connectivity index (χ0) is 39.9. The number of sulfonamides is 1. The third-order valence-electron chi connectivity index (χ3n) is 9.73.